The molecule has 15 heavy (non-hydrogen) atoms. The van der Waals surface area contributed by atoms with E-state index in [0.717, 1.165) is 38.7 Å². The first-order chi connectivity index (χ1) is 7.16. The molecule has 1 N–H and O–H groups in total. The van der Waals surface area contributed by atoms with Crippen LogP contribution in [-0.4, -0.2) is 25.5 Å². The summed E-state index contributed by atoms with van der Waals surface area (Å²) in [5.74, 6) is -0.445. The van der Waals surface area contributed by atoms with E-state index in [0.29, 0.717) is 6.42 Å². The quantitative estimate of drug-likeness (QED) is 0.626. The molecule has 0 bridgehead atoms. The van der Waals surface area contributed by atoms with Crippen LogP contribution in [0.15, 0.2) is 0 Å². The summed E-state index contributed by atoms with van der Waals surface area (Å²) >= 11 is 0. The number of methoxy groups -OCH3 is 1. The van der Waals surface area contributed by atoms with Gasteiger partial charge in [-0.15, -0.1) is 0 Å². The summed E-state index contributed by atoms with van der Waals surface area (Å²) in [5.41, 5.74) is 0. The lowest BCUT2D eigenvalue weighted by Crippen LogP contribution is -2.27. The van der Waals surface area contributed by atoms with Crippen LogP contribution < -0.4 is 5.32 Å². The summed E-state index contributed by atoms with van der Waals surface area (Å²) < 4.78 is 4.93. The maximum atomic E-state index is 11.0. The minimum absolute atomic E-state index is 0.167. The van der Waals surface area contributed by atoms with E-state index in [1.165, 1.54) is 6.92 Å². The van der Waals surface area contributed by atoms with Gasteiger partial charge in [-0.1, -0.05) is 19.3 Å². The predicted octanol–water partition coefficient (Wildman–Crippen LogP) is 1.64. The Kier molecular flexibility index (Phi) is 9.07. The van der Waals surface area contributed by atoms with Gasteiger partial charge >= 0.3 is 0 Å². The number of hydrogen-bond donors (Lipinski definition) is 1. The monoisotopic (exact) mass is 215 g/mol. The van der Waals surface area contributed by atoms with E-state index in [9.17, 15) is 9.59 Å². The molecule has 2 amide bonds. The largest absolute Gasteiger partial charge is 0.385 e. The molecule has 0 aromatic carbocycles. The molecule has 0 fully saturated rings. The van der Waals surface area contributed by atoms with Crippen LogP contribution in [0.4, 0.5) is 0 Å². The first-order valence-corrected chi connectivity index (χ1v) is 5.46. The fourth-order valence-corrected chi connectivity index (χ4v) is 1.32. The molecule has 0 spiro atoms. The Bertz CT molecular complexity index is 192. The van der Waals surface area contributed by atoms with Crippen LogP contribution >= 0.6 is 0 Å². The molecule has 0 rings (SSSR count). The van der Waals surface area contributed by atoms with E-state index in [-0.39, 0.29) is 11.8 Å². The number of unbranched alkanes of at least 4 members (excludes halogenated alkanes) is 4. The van der Waals surface area contributed by atoms with E-state index in [1.54, 1.807) is 7.11 Å². The van der Waals surface area contributed by atoms with Crippen LogP contribution in [0.3, 0.4) is 0 Å². The lowest BCUT2D eigenvalue weighted by molar-refractivity contribution is -0.129. The molecule has 88 valence electrons. The Balaban J connectivity index is 3.16. The van der Waals surface area contributed by atoms with Crippen LogP contribution in [0.25, 0.3) is 0 Å². The Labute approximate surface area is 91.4 Å². The molecule has 0 aromatic rings. The molecule has 0 unspecified atom stereocenters. The van der Waals surface area contributed by atoms with E-state index in [1.807, 2.05) is 0 Å². The molecule has 0 saturated carbocycles. The van der Waals surface area contributed by atoms with Gasteiger partial charge in [-0.2, -0.15) is 0 Å². The number of imide groups is 1. The standard InChI is InChI=1S/C11H21NO3/c1-10(13)12-11(14)8-6-4-3-5-7-9-15-2/h3-9H2,1-2H3,(H,12,13,14). The molecule has 0 aliphatic heterocycles. The molecule has 0 aliphatic carbocycles. The van der Waals surface area contributed by atoms with Crippen molar-refractivity contribution >= 4 is 11.8 Å². The smallest absolute Gasteiger partial charge is 0.226 e. The van der Waals surface area contributed by atoms with Crippen molar-refractivity contribution < 1.29 is 14.3 Å². The molecule has 4 heteroatoms. The van der Waals surface area contributed by atoms with Crippen LogP contribution in [0.1, 0.15) is 45.4 Å². The first kappa shape index (κ1) is 14.1. The molecular formula is C11H21NO3. The van der Waals surface area contributed by atoms with Gasteiger partial charge < -0.3 is 4.74 Å². The number of carbonyl (C=O) groups is 2. The Hall–Kier alpha value is -0.900. The van der Waals surface area contributed by atoms with E-state index in [2.05, 4.69) is 5.32 Å². The molecule has 4 nitrogen and oxygen atoms in total. The second-order valence-corrected chi connectivity index (χ2v) is 3.61. The SMILES string of the molecule is COCCCCCCCC(=O)NC(C)=O. The Morgan fingerprint density at radius 1 is 1.07 bits per heavy atom. The van der Waals surface area contributed by atoms with Crippen molar-refractivity contribution in [1.82, 2.24) is 5.32 Å². The third-order valence-electron chi connectivity index (χ3n) is 2.07. The molecule has 0 radical (unpaired) electrons. The minimum Gasteiger partial charge on any atom is -0.385 e. The number of nitrogens with one attached hydrogen (secondary N) is 1. The van der Waals surface area contributed by atoms with Crippen molar-refractivity contribution in [2.24, 2.45) is 0 Å². The van der Waals surface area contributed by atoms with Gasteiger partial charge in [0.05, 0.1) is 0 Å². The summed E-state index contributed by atoms with van der Waals surface area (Å²) in [6.07, 6.45) is 5.68. The van der Waals surface area contributed by atoms with Crippen molar-refractivity contribution in [2.75, 3.05) is 13.7 Å². The average molecular weight is 215 g/mol. The summed E-state index contributed by atoms with van der Waals surface area (Å²) in [6.45, 7) is 2.16. The zero-order valence-corrected chi connectivity index (χ0v) is 9.67. The highest BCUT2D eigenvalue weighted by Crippen LogP contribution is 2.05. The number of ether oxygens (including phenoxy) is 1. The van der Waals surface area contributed by atoms with Gasteiger partial charge in [0.2, 0.25) is 11.8 Å². The number of carbonyl (C=O) groups excluding carboxylic acids is 2. The highest BCUT2D eigenvalue weighted by atomic mass is 16.5. The van der Waals surface area contributed by atoms with Gasteiger partial charge in [0, 0.05) is 27.1 Å². The number of hydrogen-bond acceptors (Lipinski definition) is 3. The lowest BCUT2D eigenvalue weighted by Gasteiger charge is -2.01. The van der Waals surface area contributed by atoms with Gasteiger partial charge in [-0.05, 0) is 12.8 Å². The highest BCUT2D eigenvalue weighted by molar-refractivity contribution is 5.93. The van der Waals surface area contributed by atoms with Crippen LogP contribution in [0, 0.1) is 0 Å². The minimum atomic E-state index is -0.278. The zero-order valence-electron chi connectivity index (χ0n) is 9.67. The fourth-order valence-electron chi connectivity index (χ4n) is 1.32. The molecule has 0 atom stereocenters. The van der Waals surface area contributed by atoms with Crippen molar-refractivity contribution in [3.05, 3.63) is 0 Å². The summed E-state index contributed by atoms with van der Waals surface area (Å²) in [4.78, 5) is 21.6. The van der Waals surface area contributed by atoms with E-state index in [4.69, 9.17) is 4.74 Å². The number of amides is 2. The second kappa shape index (κ2) is 9.65. The molecule has 0 aromatic heterocycles. The number of rotatable bonds is 8. The van der Waals surface area contributed by atoms with Crippen molar-refractivity contribution in [2.45, 2.75) is 45.4 Å². The van der Waals surface area contributed by atoms with Gasteiger partial charge in [0.1, 0.15) is 0 Å². The van der Waals surface area contributed by atoms with Crippen LogP contribution in [0.5, 0.6) is 0 Å². The molecule has 0 saturated heterocycles. The third-order valence-corrected chi connectivity index (χ3v) is 2.07. The predicted molar refractivity (Wildman–Crippen MR) is 58.4 cm³/mol. The first-order valence-electron chi connectivity index (χ1n) is 5.46. The summed E-state index contributed by atoms with van der Waals surface area (Å²) in [7, 11) is 1.70. The van der Waals surface area contributed by atoms with Crippen molar-refractivity contribution in [3.8, 4) is 0 Å². The van der Waals surface area contributed by atoms with Crippen LogP contribution in [-0.2, 0) is 14.3 Å². The highest BCUT2D eigenvalue weighted by Gasteiger charge is 2.02. The summed E-state index contributed by atoms with van der Waals surface area (Å²) in [5, 5.41) is 2.26. The van der Waals surface area contributed by atoms with Crippen molar-refractivity contribution in [1.29, 1.82) is 0 Å². The molecule has 0 heterocycles. The third kappa shape index (κ3) is 11.0. The fraction of sp³-hybridized carbons (Fsp3) is 0.818. The van der Waals surface area contributed by atoms with Gasteiger partial charge in [-0.3, -0.25) is 14.9 Å². The maximum Gasteiger partial charge on any atom is 0.226 e. The van der Waals surface area contributed by atoms with Gasteiger partial charge in [-0.25, -0.2) is 0 Å². The summed E-state index contributed by atoms with van der Waals surface area (Å²) in [6, 6.07) is 0. The molecule has 0 aliphatic rings. The normalized spacial score (nSPS) is 10.0. The van der Waals surface area contributed by atoms with E-state index >= 15 is 0 Å². The van der Waals surface area contributed by atoms with Crippen LogP contribution in [0.2, 0.25) is 0 Å². The average Bonchev–Trinajstić information content (AvgIpc) is 2.15. The zero-order chi connectivity index (χ0) is 11.5. The van der Waals surface area contributed by atoms with Gasteiger partial charge in [0.25, 0.3) is 0 Å². The second-order valence-electron chi connectivity index (χ2n) is 3.61. The maximum absolute atomic E-state index is 11.0. The molecular weight excluding hydrogens is 194 g/mol. The Morgan fingerprint density at radius 2 is 1.67 bits per heavy atom. The van der Waals surface area contributed by atoms with E-state index < -0.39 is 0 Å². The lowest BCUT2D eigenvalue weighted by atomic mass is 10.1. The topological polar surface area (TPSA) is 55.4 Å². The van der Waals surface area contributed by atoms with Crippen molar-refractivity contribution in [3.63, 3.8) is 0 Å². The van der Waals surface area contributed by atoms with Gasteiger partial charge in [0.15, 0.2) is 0 Å². The Morgan fingerprint density at radius 3 is 2.27 bits per heavy atom.